The Hall–Kier alpha value is -1.39. The third kappa shape index (κ3) is 5.05. The van der Waals surface area contributed by atoms with Crippen molar-refractivity contribution < 1.29 is 9.90 Å². The molecule has 1 unspecified atom stereocenters. The van der Waals surface area contributed by atoms with E-state index in [2.05, 4.69) is 10.2 Å². The van der Waals surface area contributed by atoms with Gasteiger partial charge in [0.1, 0.15) is 0 Å². The Balaban J connectivity index is 1.44. The summed E-state index contributed by atoms with van der Waals surface area (Å²) in [5.74, 6) is 0.0118. The molecule has 1 saturated carbocycles. The summed E-state index contributed by atoms with van der Waals surface area (Å²) in [5.41, 5.74) is 0.591. The number of carbonyl (C=O) groups excluding carboxylic acids is 1. The number of amides is 1. The quantitative estimate of drug-likeness (QED) is 0.863. The molecule has 2 fully saturated rings. The molecule has 4 heteroatoms. The molecule has 25 heavy (non-hydrogen) atoms. The van der Waals surface area contributed by atoms with Crippen LogP contribution in [0.25, 0.3) is 0 Å². The van der Waals surface area contributed by atoms with Gasteiger partial charge in [-0.1, -0.05) is 49.6 Å². The molecule has 1 aliphatic heterocycles. The first-order valence-electron chi connectivity index (χ1n) is 9.86. The van der Waals surface area contributed by atoms with Crippen LogP contribution in [0.1, 0.15) is 63.4 Å². The van der Waals surface area contributed by atoms with Crippen LogP contribution in [-0.4, -0.2) is 47.2 Å². The molecule has 0 radical (unpaired) electrons. The zero-order chi connectivity index (χ0) is 17.7. The normalized spacial score (nSPS) is 23.1. The zero-order valence-electron chi connectivity index (χ0n) is 15.4. The van der Waals surface area contributed by atoms with Crippen molar-refractivity contribution in [3.63, 3.8) is 0 Å². The highest BCUT2D eigenvalue weighted by Gasteiger charge is 2.33. The first-order chi connectivity index (χ1) is 12.1. The van der Waals surface area contributed by atoms with E-state index in [0.717, 1.165) is 63.7 Å². The standard InChI is InChI=1S/C21H32N2O2/c1-17(18-8-4-2-5-9-18)20(24)22-19-10-14-23(15-11-19)16-21(25)12-6-3-7-13-21/h2,4-5,8-9,17,19,25H,3,6-7,10-16H2,1H3,(H,22,24). The SMILES string of the molecule is CC(C(=O)NC1CCN(CC2(O)CCCCC2)CC1)c1ccccc1. The van der Waals surface area contributed by atoms with Crippen LogP contribution in [0.15, 0.2) is 30.3 Å². The number of carbonyl (C=O) groups is 1. The van der Waals surface area contributed by atoms with Gasteiger partial charge in [-0.05, 0) is 38.2 Å². The number of hydrogen-bond donors (Lipinski definition) is 2. The number of piperidine rings is 1. The summed E-state index contributed by atoms with van der Waals surface area (Å²) in [6, 6.07) is 10.2. The first kappa shape index (κ1) is 18.4. The maximum absolute atomic E-state index is 12.5. The van der Waals surface area contributed by atoms with Gasteiger partial charge in [-0.2, -0.15) is 0 Å². The lowest BCUT2D eigenvalue weighted by atomic mass is 9.84. The second-order valence-corrected chi connectivity index (χ2v) is 7.98. The van der Waals surface area contributed by atoms with E-state index in [4.69, 9.17) is 0 Å². The van der Waals surface area contributed by atoms with Crippen LogP contribution in [0.5, 0.6) is 0 Å². The summed E-state index contributed by atoms with van der Waals surface area (Å²) in [7, 11) is 0. The Morgan fingerprint density at radius 2 is 1.84 bits per heavy atom. The second-order valence-electron chi connectivity index (χ2n) is 7.98. The number of nitrogens with zero attached hydrogens (tertiary/aromatic N) is 1. The number of aliphatic hydroxyl groups is 1. The Labute approximate surface area is 151 Å². The molecule has 1 saturated heterocycles. The highest BCUT2D eigenvalue weighted by atomic mass is 16.3. The van der Waals surface area contributed by atoms with Crippen molar-refractivity contribution >= 4 is 5.91 Å². The number of nitrogens with one attached hydrogen (secondary N) is 1. The summed E-state index contributed by atoms with van der Waals surface area (Å²) in [5, 5.41) is 13.9. The Morgan fingerprint density at radius 1 is 1.20 bits per heavy atom. The minimum atomic E-state index is -0.476. The van der Waals surface area contributed by atoms with Gasteiger partial charge in [0, 0.05) is 25.7 Å². The highest BCUT2D eigenvalue weighted by molar-refractivity contribution is 5.83. The lowest BCUT2D eigenvalue weighted by Crippen LogP contribution is -2.50. The summed E-state index contributed by atoms with van der Waals surface area (Å²) in [6.45, 7) is 4.70. The summed E-state index contributed by atoms with van der Waals surface area (Å²) >= 11 is 0. The van der Waals surface area contributed by atoms with E-state index in [0.29, 0.717) is 0 Å². The maximum Gasteiger partial charge on any atom is 0.227 e. The van der Waals surface area contributed by atoms with Gasteiger partial charge in [0.05, 0.1) is 11.5 Å². The zero-order valence-corrected chi connectivity index (χ0v) is 15.4. The van der Waals surface area contributed by atoms with Crippen LogP contribution in [-0.2, 0) is 4.79 Å². The third-order valence-corrected chi connectivity index (χ3v) is 5.93. The van der Waals surface area contributed by atoms with Crippen LogP contribution >= 0.6 is 0 Å². The van der Waals surface area contributed by atoms with E-state index in [1.165, 1.54) is 6.42 Å². The fraction of sp³-hybridized carbons (Fsp3) is 0.667. The van der Waals surface area contributed by atoms with Crippen LogP contribution in [0.4, 0.5) is 0 Å². The minimum absolute atomic E-state index is 0.109. The largest absolute Gasteiger partial charge is 0.389 e. The van der Waals surface area contributed by atoms with Crippen molar-refractivity contribution in [3.05, 3.63) is 35.9 Å². The molecule has 1 aromatic rings. The molecule has 0 bridgehead atoms. The smallest absolute Gasteiger partial charge is 0.227 e. The molecule has 1 aliphatic carbocycles. The van der Waals surface area contributed by atoms with Crippen LogP contribution < -0.4 is 5.32 Å². The fourth-order valence-electron chi connectivity index (χ4n) is 4.24. The molecule has 0 spiro atoms. The lowest BCUT2D eigenvalue weighted by molar-refractivity contribution is -0.123. The van der Waals surface area contributed by atoms with E-state index in [1.807, 2.05) is 37.3 Å². The van der Waals surface area contributed by atoms with Crippen molar-refractivity contribution in [1.82, 2.24) is 10.2 Å². The number of likely N-dealkylation sites (tertiary alicyclic amines) is 1. The van der Waals surface area contributed by atoms with Crippen molar-refractivity contribution in [2.24, 2.45) is 0 Å². The molecule has 0 aromatic heterocycles. The van der Waals surface area contributed by atoms with Crippen molar-refractivity contribution in [2.45, 2.75) is 69.4 Å². The van der Waals surface area contributed by atoms with E-state index < -0.39 is 5.60 Å². The van der Waals surface area contributed by atoms with E-state index in [-0.39, 0.29) is 17.9 Å². The Kier molecular flexibility index (Phi) is 6.13. The lowest BCUT2D eigenvalue weighted by Gasteiger charge is -2.40. The molecule has 1 amide bonds. The van der Waals surface area contributed by atoms with Crippen LogP contribution in [0, 0.1) is 0 Å². The van der Waals surface area contributed by atoms with Crippen molar-refractivity contribution in [2.75, 3.05) is 19.6 Å². The summed E-state index contributed by atoms with van der Waals surface area (Å²) < 4.78 is 0. The summed E-state index contributed by atoms with van der Waals surface area (Å²) in [4.78, 5) is 14.9. The molecule has 138 valence electrons. The molecular formula is C21H32N2O2. The van der Waals surface area contributed by atoms with Gasteiger partial charge in [-0.3, -0.25) is 4.79 Å². The molecule has 2 aliphatic rings. The molecule has 3 rings (SSSR count). The van der Waals surface area contributed by atoms with Gasteiger partial charge in [0.2, 0.25) is 5.91 Å². The van der Waals surface area contributed by atoms with E-state index in [1.54, 1.807) is 0 Å². The molecule has 4 nitrogen and oxygen atoms in total. The number of rotatable bonds is 5. The Bertz CT molecular complexity index is 546. The van der Waals surface area contributed by atoms with Gasteiger partial charge < -0.3 is 15.3 Å². The fourth-order valence-corrected chi connectivity index (χ4v) is 4.24. The number of β-amino-alcohol motifs (C(OH)–C–C–N with tert-alkyl or cyclic N) is 1. The van der Waals surface area contributed by atoms with Gasteiger partial charge >= 0.3 is 0 Å². The average molecular weight is 344 g/mol. The second kappa shape index (κ2) is 8.33. The highest BCUT2D eigenvalue weighted by Crippen LogP contribution is 2.29. The molecule has 1 atom stereocenters. The van der Waals surface area contributed by atoms with E-state index >= 15 is 0 Å². The van der Waals surface area contributed by atoms with Gasteiger partial charge in [0.15, 0.2) is 0 Å². The van der Waals surface area contributed by atoms with Crippen molar-refractivity contribution in [1.29, 1.82) is 0 Å². The van der Waals surface area contributed by atoms with Crippen molar-refractivity contribution in [3.8, 4) is 0 Å². The molecule has 2 N–H and O–H groups in total. The monoisotopic (exact) mass is 344 g/mol. The maximum atomic E-state index is 12.5. The van der Waals surface area contributed by atoms with Gasteiger partial charge in [-0.15, -0.1) is 0 Å². The van der Waals surface area contributed by atoms with Crippen LogP contribution in [0.3, 0.4) is 0 Å². The van der Waals surface area contributed by atoms with Crippen LogP contribution in [0.2, 0.25) is 0 Å². The third-order valence-electron chi connectivity index (χ3n) is 5.93. The molecule has 1 heterocycles. The minimum Gasteiger partial charge on any atom is -0.389 e. The number of benzene rings is 1. The predicted molar refractivity (Wildman–Crippen MR) is 100 cm³/mol. The first-order valence-corrected chi connectivity index (χ1v) is 9.86. The average Bonchev–Trinajstić information content (AvgIpc) is 2.64. The molecular weight excluding hydrogens is 312 g/mol. The van der Waals surface area contributed by atoms with E-state index in [9.17, 15) is 9.90 Å². The summed E-state index contributed by atoms with van der Waals surface area (Å²) in [6.07, 6.45) is 7.40. The number of hydrogen-bond acceptors (Lipinski definition) is 3. The Morgan fingerprint density at radius 3 is 2.48 bits per heavy atom. The predicted octanol–water partition coefficient (Wildman–Crippen LogP) is 3.07. The van der Waals surface area contributed by atoms with Gasteiger partial charge in [0.25, 0.3) is 0 Å². The van der Waals surface area contributed by atoms with Gasteiger partial charge in [-0.25, -0.2) is 0 Å². The topological polar surface area (TPSA) is 52.6 Å². The molecule has 1 aromatic carbocycles.